The quantitative estimate of drug-likeness (QED) is 0.467. The second-order valence-electron chi connectivity index (χ2n) is 5.19. The molecule has 0 amide bonds. The van der Waals surface area contributed by atoms with E-state index in [-0.39, 0.29) is 5.56 Å². The molecule has 0 spiro atoms. The maximum Gasteiger partial charge on any atom is 0.460 e. The SMILES string of the molecule is Cc1cc(OC(F)=C(F)C(F)(F)C(F)(F)C(F)(F)C(F)(F)F)ccc1C(=O)O. The second-order valence-corrected chi connectivity index (χ2v) is 5.19. The summed E-state index contributed by atoms with van der Waals surface area (Å²) in [6.45, 7) is 1.08. The third-order valence-corrected chi connectivity index (χ3v) is 3.23. The number of carbonyl (C=O) groups is 1. The van der Waals surface area contributed by atoms with Crippen LogP contribution in [0.15, 0.2) is 30.0 Å². The molecule has 0 bridgehead atoms. The van der Waals surface area contributed by atoms with Crippen LogP contribution < -0.4 is 4.74 Å². The highest BCUT2D eigenvalue weighted by Gasteiger charge is 2.83. The number of benzene rings is 1. The molecular weight excluding hydrogens is 425 g/mol. The average molecular weight is 432 g/mol. The number of hydrogen-bond donors (Lipinski definition) is 1. The van der Waals surface area contributed by atoms with E-state index in [9.17, 15) is 53.1 Å². The van der Waals surface area contributed by atoms with Gasteiger partial charge in [-0.3, -0.25) is 0 Å². The summed E-state index contributed by atoms with van der Waals surface area (Å²) in [6.07, 6.45) is -7.21. The van der Waals surface area contributed by atoms with Gasteiger partial charge >= 0.3 is 35.9 Å². The van der Waals surface area contributed by atoms with Gasteiger partial charge in [0.05, 0.1) is 5.56 Å². The topological polar surface area (TPSA) is 46.5 Å². The Hall–Kier alpha value is -2.54. The zero-order valence-corrected chi connectivity index (χ0v) is 13.2. The predicted molar refractivity (Wildman–Crippen MR) is 68.9 cm³/mol. The highest BCUT2D eigenvalue weighted by Crippen LogP contribution is 2.55. The Morgan fingerprint density at radius 1 is 0.929 bits per heavy atom. The van der Waals surface area contributed by atoms with Gasteiger partial charge in [-0.15, -0.1) is 0 Å². The van der Waals surface area contributed by atoms with Crippen molar-refractivity contribution in [3.8, 4) is 5.75 Å². The van der Waals surface area contributed by atoms with Gasteiger partial charge in [-0.1, -0.05) is 0 Å². The molecule has 1 aromatic carbocycles. The Balaban J connectivity index is 3.32. The van der Waals surface area contributed by atoms with E-state index in [1.54, 1.807) is 0 Å². The van der Waals surface area contributed by atoms with Crippen LogP contribution in [0.5, 0.6) is 5.75 Å². The van der Waals surface area contributed by atoms with Crippen molar-refractivity contribution in [1.29, 1.82) is 0 Å². The molecule has 14 heteroatoms. The first-order valence-electron chi connectivity index (χ1n) is 6.65. The summed E-state index contributed by atoms with van der Waals surface area (Å²) in [5, 5.41) is 8.74. The standard InChI is InChI=1S/C14H7F11O3/c1-5-4-6(2-3-7(5)10(26)27)28-9(16)8(15)11(17,18)12(19,20)13(21,22)14(23,24)25/h2-4H,1H3,(H,26,27). The predicted octanol–water partition coefficient (Wildman–Crippen LogP) is 5.65. The smallest absolute Gasteiger partial charge is 0.460 e. The Morgan fingerprint density at radius 2 is 1.43 bits per heavy atom. The first-order valence-corrected chi connectivity index (χ1v) is 6.65. The lowest BCUT2D eigenvalue weighted by Crippen LogP contribution is -2.61. The van der Waals surface area contributed by atoms with E-state index in [0.29, 0.717) is 18.2 Å². The van der Waals surface area contributed by atoms with Gasteiger partial charge in [0.15, 0.2) is 0 Å². The summed E-state index contributed by atoms with van der Waals surface area (Å²) in [5.74, 6) is -28.2. The molecule has 0 aliphatic rings. The summed E-state index contributed by atoms with van der Waals surface area (Å²) >= 11 is 0. The fourth-order valence-corrected chi connectivity index (χ4v) is 1.72. The van der Waals surface area contributed by atoms with Crippen molar-refractivity contribution < 1.29 is 62.9 Å². The summed E-state index contributed by atoms with van der Waals surface area (Å²) in [6, 6.07) is -1.34. The van der Waals surface area contributed by atoms with Crippen LogP contribution in [0.2, 0.25) is 0 Å². The van der Waals surface area contributed by atoms with E-state index >= 15 is 0 Å². The van der Waals surface area contributed by atoms with E-state index < -0.39 is 53.1 Å². The molecule has 0 aromatic heterocycles. The molecule has 0 saturated carbocycles. The van der Waals surface area contributed by atoms with E-state index in [1.165, 1.54) is 0 Å². The number of allylic oxidation sites excluding steroid dienone is 1. The second kappa shape index (κ2) is 7.13. The Labute approximate surface area is 148 Å². The number of halogens is 11. The van der Waals surface area contributed by atoms with Gasteiger partial charge < -0.3 is 9.84 Å². The van der Waals surface area contributed by atoms with Gasteiger partial charge in [0.1, 0.15) is 5.75 Å². The van der Waals surface area contributed by atoms with Gasteiger partial charge in [0.2, 0.25) is 5.83 Å². The lowest BCUT2D eigenvalue weighted by Gasteiger charge is -2.32. The van der Waals surface area contributed by atoms with E-state index in [2.05, 4.69) is 4.74 Å². The maximum atomic E-state index is 13.4. The molecule has 0 aliphatic heterocycles. The van der Waals surface area contributed by atoms with Gasteiger partial charge in [-0.2, -0.15) is 48.3 Å². The molecule has 0 aliphatic carbocycles. The van der Waals surface area contributed by atoms with Gasteiger partial charge in [-0.25, -0.2) is 4.79 Å². The lowest BCUT2D eigenvalue weighted by atomic mass is 10.0. The number of aromatic carboxylic acids is 1. The molecule has 0 heterocycles. The summed E-state index contributed by atoms with van der Waals surface area (Å²) in [7, 11) is 0. The van der Waals surface area contributed by atoms with Crippen LogP contribution in [-0.4, -0.2) is 35.0 Å². The Kier molecular flexibility index (Phi) is 5.98. The summed E-state index contributed by atoms with van der Waals surface area (Å²) < 4.78 is 144. The zero-order valence-electron chi connectivity index (χ0n) is 13.2. The van der Waals surface area contributed by atoms with Crippen molar-refractivity contribution in [2.45, 2.75) is 30.9 Å². The summed E-state index contributed by atoms with van der Waals surface area (Å²) in [5.41, 5.74) is -0.599. The molecule has 0 saturated heterocycles. The first-order chi connectivity index (χ1) is 12.4. The monoisotopic (exact) mass is 432 g/mol. The molecule has 1 rings (SSSR count). The molecule has 28 heavy (non-hydrogen) atoms. The number of alkyl halides is 9. The van der Waals surface area contributed by atoms with Crippen LogP contribution >= 0.6 is 0 Å². The molecular formula is C14H7F11O3. The number of carboxylic acid groups (broad SMARTS) is 1. The van der Waals surface area contributed by atoms with Crippen molar-refractivity contribution in [1.82, 2.24) is 0 Å². The van der Waals surface area contributed by atoms with Crippen LogP contribution in [-0.2, 0) is 0 Å². The maximum absolute atomic E-state index is 13.4. The molecule has 0 fully saturated rings. The normalized spacial score (nSPS) is 14.6. The van der Waals surface area contributed by atoms with Crippen LogP contribution in [0.4, 0.5) is 48.3 Å². The minimum atomic E-state index is -7.42. The highest BCUT2D eigenvalue weighted by atomic mass is 19.4. The third kappa shape index (κ3) is 3.85. The van der Waals surface area contributed by atoms with Gasteiger partial charge in [-0.05, 0) is 30.7 Å². The molecule has 158 valence electrons. The zero-order chi connectivity index (χ0) is 22.3. The van der Waals surface area contributed by atoms with Crippen LogP contribution in [0.25, 0.3) is 0 Å². The Bertz CT molecular complexity index is 796. The lowest BCUT2D eigenvalue weighted by molar-refractivity contribution is -0.392. The van der Waals surface area contributed by atoms with Gasteiger partial charge in [0.25, 0.3) is 0 Å². The minimum absolute atomic E-state index is 0.195. The molecule has 1 N–H and O–H groups in total. The van der Waals surface area contributed by atoms with E-state index in [1.807, 2.05) is 0 Å². The number of carboxylic acids is 1. The molecule has 0 unspecified atom stereocenters. The fraction of sp³-hybridized carbons (Fsp3) is 0.357. The highest BCUT2D eigenvalue weighted by molar-refractivity contribution is 5.89. The van der Waals surface area contributed by atoms with Crippen molar-refractivity contribution in [2.75, 3.05) is 0 Å². The molecule has 1 aromatic rings. The van der Waals surface area contributed by atoms with Crippen molar-refractivity contribution in [2.24, 2.45) is 0 Å². The average Bonchev–Trinajstić information content (AvgIpc) is 2.52. The number of ether oxygens (including phenoxy) is 1. The fourth-order valence-electron chi connectivity index (χ4n) is 1.72. The largest absolute Gasteiger partial charge is 0.478 e. The van der Waals surface area contributed by atoms with E-state index in [0.717, 1.165) is 6.92 Å². The molecule has 0 radical (unpaired) electrons. The third-order valence-electron chi connectivity index (χ3n) is 3.23. The van der Waals surface area contributed by atoms with Crippen LogP contribution in [0.1, 0.15) is 15.9 Å². The molecule has 0 atom stereocenters. The van der Waals surface area contributed by atoms with E-state index in [4.69, 9.17) is 5.11 Å². The van der Waals surface area contributed by atoms with Crippen molar-refractivity contribution >= 4 is 5.97 Å². The van der Waals surface area contributed by atoms with Crippen molar-refractivity contribution in [3.63, 3.8) is 0 Å². The number of aryl methyl sites for hydroxylation is 1. The van der Waals surface area contributed by atoms with Crippen LogP contribution in [0, 0.1) is 6.92 Å². The van der Waals surface area contributed by atoms with Gasteiger partial charge in [0, 0.05) is 0 Å². The first kappa shape index (κ1) is 23.5. The summed E-state index contributed by atoms with van der Waals surface area (Å²) in [4.78, 5) is 10.8. The van der Waals surface area contributed by atoms with Crippen molar-refractivity contribution in [3.05, 3.63) is 41.2 Å². The molecule has 3 nitrogen and oxygen atoms in total. The number of rotatable bonds is 6. The van der Waals surface area contributed by atoms with Crippen LogP contribution in [0.3, 0.4) is 0 Å². The minimum Gasteiger partial charge on any atom is -0.478 e. The number of hydrogen-bond acceptors (Lipinski definition) is 2. The Morgan fingerprint density at radius 3 is 1.82 bits per heavy atom.